The maximum atomic E-state index is 11.4. The van der Waals surface area contributed by atoms with E-state index < -0.39 is 6.09 Å². The zero-order valence-corrected chi connectivity index (χ0v) is 14.7. The van der Waals surface area contributed by atoms with Crippen LogP contribution in [-0.2, 0) is 4.74 Å². The van der Waals surface area contributed by atoms with Gasteiger partial charge in [0.05, 0.1) is 18.5 Å². The average Bonchev–Trinajstić information content (AvgIpc) is 3.07. The van der Waals surface area contributed by atoms with Gasteiger partial charge in [-0.1, -0.05) is 42.0 Å². The Bertz CT molecular complexity index is 917. The molecule has 2 aromatic carbocycles. The molecule has 1 heterocycles. The Hall–Kier alpha value is -3.41. The fourth-order valence-corrected chi connectivity index (χ4v) is 2.53. The number of amides is 1. The van der Waals surface area contributed by atoms with E-state index in [4.69, 9.17) is 9.84 Å². The number of nitrogens with zero attached hydrogens (tertiary/aromatic N) is 3. The van der Waals surface area contributed by atoms with Crippen molar-refractivity contribution < 1.29 is 9.53 Å². The van der Waals surface area contributed by atoms with Crippen molar-refractivity contribution in [1.82, 2.24) is 15.2 Å². The molecule has 3 rings (SSSR count). The van der Waals surface area contributed by atoms with Crippen molar-refractivity contribution in [2.75, 3.05) is 6.61 Å². The van der Waals surface area contributed by atoms with Crippen LogP contribution in [0.3, 0.4) is 0 Å². The van der Waals surface area contributed by atoms with Crippen LogP contribution in [0.1, 0.15) is 18.1 Å². The van der Waals surface area contributed by atoms with Crippen molar-refractivity contribution in [2.24, 2.45) is 5.10 Å². The molecule has 0 spiro atoms. The van der Waals surface area contributed by atoms with Gasteiger partial charge in [-0.2, -0.15) is 10.2 Å². The molecule has 0 fully saturated rings. The number of hydrogen-bond donors (Lipinski definition) is 1. The van der Waals surface area contributed by atoms with Crippen LogP contribution < -0.4 is 5.43 Å². The standard InChI is InChI=1S/C20H20N4O2/c1-3-26-20(25)22-21-13-17-14-24(18-10-5-4-6-11-18)23-19(17)16-9-7-8-15(2)12-16/h4-14H,3H2,1-2H3,(H,22,25)/b21-13-. The van der Waals surface area contributed by atoms with Crippen molar-refractivity contribution in [3.05, 3.63) is 71.9 Å². The van der Waals surface area contributed by atoms with Gasteiger partial charge in [-0.15, -0.1) is 0 Å². The zero-order chi connectivity index (χ0) is 18.4. The van der Waals surface area contributed by atoms with Gasteiger partial charge < -0.3 is 4.74 Å². The van der Waals surface area contributed by atoms with E-state index in [0.717, 1.165) is 28.1 Å². The molecular formula is C20H20N4O2. The molecule has 1 N–H and O–H groups in total. The van der Waals surface area contributed by atoms with E-state index in [9.17, 15) is 4.79 Å². The predicted molar refractivity (Wildman–Crippen MR) is 101 cm³/mol. The molecule has 1 aromatic heterocycles. The molecular weight excluding hydrogens is 328 g/mol. The van der Waals surface area contributed by atoms with Crippen molar-refractivity contribution >= 4 is 12.3 Å². The summed E-state index contributed by atoms with van der Waals surface area (Å²) < 4.78 is 6.60. The number of hydrazone groups is 1. The van der Waals surface area contributed by atoms with Crippen LogP contribution in [0.2, 0.25) is 0 Å². The molecule has 0 saturated heterocycles. The molecule has 132 valence electrons. The summed E-state index contributed by atoms with van der Waals surface area (Å²) in [5.74, 6) is 0. The van der Waals surface area contributed by atoms with E-state index in [1.807, 2.05) is 61.7 Å². The second-order valence-electron chi connectivity index (χ2n) is 5.67. The lowest BCUT2D eigenvalue weighted by molar-refractivity contribution is 0.152. The summed E-state index contributed by atoms with van der Waals surface area (Å²) in [7, 11) is 0. The number of hydrogen-bond acceptors (Lipinski definition) is 4. The van der Waals surface area contributed by atoms with Gasteiger partial charge in [0.15, 0.2) is 0 Å². The Morgan fingerprint density at radius 1 is 1.23 bits per heavy atom. The van der Waals surface area contributed by atoms with Crippen LogP contribution in [0, 0.1) is 6.92 Å². The molecule has 0 aliphatic carbocycles. The number of para-hydroxylation sites is 1. The highest BCUT2D eigenvalue weighted by Crippen LogP contribution is 2.23. The largest absolute Gasteiger partial charge is 0.449 e. The smallest absolute Gasteiger partial charge is 0.427 e. The minimum absolute atomic E-state index is 0.293. The SMILES string of the molecule is CCOC(=O)N/N=C\c1cn(-c2ccccc2)nc1-c1cccc(C)c1. The van der Waals surface area contributed by atoms with Crippen LogP contribution in [-0.4, -0.2) is 28.7 Å². The van der Waals surface area contributed by atoms with Crippen LogP contribution in [0.25, 0.3) is 16.9 Å². The van der Waals surface area contributed by atoms with Gasteiger partial charge in [-0.3, -0.25) is 0 Å². The summed E-state index contributed by atoms with van der Waals surface area (Å²) in [5.41, 5.74) is 6.99. The second kappa shape index (κ2) is 8.11. The summed E-state index contributed by atoms with van der Waals surface area (Å²) in [5, 5.41) is 8.68. The first-order valence-electron chi connectivity index (χ1n) is 8.35. The van der Waals surface area contributed by atoms with Gasteiger partial charge in [-0.05, 0) is 32.0 Å². The quantitative estimate of drug-likeness (QED) is 0.561. The summed E-state index contributed by atoms with van der Waals surface area (Å²) in [6.07, 6.45) is 2.86. The minimum atomic E-state index is -0.587. The van der Waals surface area contributed by atoms with Gasteiger partial charge >= 0.3 is 6.09 Å². The molecule has 0 aliphatic rings. The highest BCUT2D eigenvalue weighted by Gasteiger charge is 2.11. The average molecular weight is 348 g/mol. The summed E-state index contributed by atoms with van der Waals surface area (Å²) >= 11 is 0. The number of aromatic nitrogens is 2. The van der Waals surface area contributed by atoms with Crippen molar-refractivity contribution in [2.45, 2.75) is 13.8 Å². The molecule has 6 nitrogen and oxygen atoms in total. The molecule has 0 radical (unpaired) electrons. The maximum Gasteiger partial charge on any atom is 0.427 e. The third-order valence-corrected chi connectivity index (χ3v) is 3.69. The molecule has 3 aromatic rings. The fraction of sp³-hybridized carbons (Fsp3) is 0.150. The molecule has 0 atom stereocenters. The third-order valence-electron chi connectivity index (χ3n) is 3.69. The van der Waals surface area contributed by atoms with E-state index >= 15 is 0 Å². The first-order valence-corrected chi connectivity index (χ1v) is 8.35. The first-order chi connectivity index (χ1) is 12.7. The Kier molecular flexibility index (Phi) is 5.43. The molecule has 6 heteroatoms. The minimum Gasteiger partial charge on any atom is -0.449 e. The molecule has 0 bridgehead atoms. The van der Waals surface area contributed by atoms with E-state index in [0.29, 0.717) is 6.61 Å². The number of carbonyl (C=O) groups is 1. The number of ether oxygens (including phenoxy) is 1. The number of carbonyl (C=O) groups excluding carboxylic acids is 1. The monoisotopic (exact) mass is 348 g/mol. The van der Waals surface area contributed by atoms with Crippen molar-refractivity contribution in [3.63, 3.8) is 0 Å². The summed E-state index contributed by atoms with van der Waals surface area (Å²) in [4.78, 5) is 11.4. The third kappa shape index (κ3) is 4.16. The maximum absolute atomic E-state index is 11.4. The normalized spacial score (nSPS) is 10.8. The molecule has 1 amide bonds. The molecule has 0 unspecified atom stereocenters. The second-order valence-corrected chi connectivity index (χ2v) is 5.67. The summed E-state index contributed by atoms with van der Waals surface area (Å²) in [6, 6.07) is 17.9. The number of benzene rings is 2. The van der Waals surface area contributed by atoms with Gasteiger partial charge in [0.2, 0.25) is 0 Å². The Morgan fingerprint density at radius 3 is 2.77 bits per heavy atom. The van der Waals surface area contributed by atoms with Crippen LogP contribution in [0.4, 0.5) is 4.79 Å². The zero-order valence-electron chi connectivity index (χ0n) is 14.7. The van der Waals surface area contributed by atoms with Crippen molar-refractivity contribution in [3.8, 4) is 16.9 Å². The Balaban J connectivity index is 1.96. The van der Waals surface area contributed by atoms with Crippen molar-refractivity contribution in [1.29, 1.82) is 0 Å². The van der Waals surface area contributed by atoms with Gasteiger partial charge in [0.25, 0.3) is 0 Å². The van der Waals surface area contributed by atoms with E-state index in [1.54, 1.807) is 17.8 Å². The highest BCUT2D eigenvalue weighted by atomic mass is 16.5. The lowest BCUT2D eigenvalue weighted by Gasteiger charge is -2.01. The van der Waals surface area contributed by atoms with Crippen LogP contribution in [0.5, 0.6) is 0 Å². The van der Waals surface area contributed by atoms with Crippen LogP contribution in [0.15, 0.2) is 65.9 Å². The Morgan fingerprint density at radius 2 is 2.04 bits per heavy atom. The van der Waals surface area contributed by atoms with E-state index in [1.165, 1.54) is 0 Å². The lowest BCUT2D eigenvalue weighted by Crippen LogP contribution is -2.18. The predicted octanol–water partition coefficient (Wildman–Crippen LogP) is 3.93. The first kappa shape index (κ1) is 17.4. The van der Waals surface area contributed by atoms with E-state index in [2.05, 4.69) is 16.6 Å². The fourth-order valence-electron chi connectivity index (χ4n) is 2.53. The lowest BCUT2D eigenvalue weighted by atomic mass is 10.1. The molecule has 26 heavy (non-hydrogen) atoms. The van der Waals surface area contributed by atoms with Gasteiger partial charge in [-0.25, -0.2) is 14.9 Å². The summed E-state index contributed by atoms with van der Waals surface area (Å²) in [6.45, 7) is 4.07. The number of rotatable bonds is 5. The topological polar surface area (TPSA) is 68.5 Å². The highest BCUT2D eigenvalue weighted by molar-refractivity contribution is 5.89. The van der Waals surface area contributed by atoms with Gasteiger partial charge in [0, 0.05) is 17.3 Å². The van der Waals surface area contributed by atoms with Crippen LogP contribution >= 0.6 is 0 Å². The molecule has 0 aliphatic heterocycles. The number of nitrogens with one attached hydrogen (secondary N) is 1. The van der Waals surface area contributed by atoms with Gasteiger partial charge in [0.1, 0.15) is 5.69 Å². The number of aryl methyl sites for hydroxylation is 1. The Labute approximate surface area is 152 Å². The molecule has 0 saturated carbocycles. The van der Waals surface area contributed by atoms with E-state index in [-0.39, 0.29) is 0 Å².